The van der Waals surface area contributed by atoms with Gasteiger partial charge in [0, 0.05) is 16.6 Å². The number of aromatic nitrogens is 3. The zero-order valence-electron chi connectivity index (χ0n) is 17.5. The molecule has 0 aliphatic heterocycles. The second-order valence-electron chi connectivity index (χ2n) is 7.75. The monoisotopic (exact) mass is 462 g/mol. The molecule has 1 aliphatic rings. The highest BCUT2D eigenvalue weighted by Crippen LogP contribution is 2.39. The molecular formula is C21H23ClN4O4S. The standard InChI is InChI=1S/C21H23ClN4O4S/c1-11(2)29-21(28)17-14-6-4-5-7-16(14)31-20(17)24-19(27)18-15(12(3)30-25-18)10-26-9-13(22)8-23-26/h8-9,11H,4-7,10H2,1-3H3,(H,24,27). The van der Waals surface area contributed by atoms with Gasteiger partial charge in [-0.05, 0) is 52.0 Å². The van der Waals surface area contributed by atoms with E-state index in [2.05, 4.69) is 15.6 Å². The van der Waals surface area contributed by atoms with E-state index in [1.165, 1.54) is 17.5 Å². The molecule has 0 atom stereocenters. The molecule has 0 unspecified atom stereocenters. The number of rotatable bonds is 6. The number of hydrogen-bond acceptors (Lipinski definition) is 7. The molecule has 1 N–H and O–H groups in total. The number of anilines is 1. The fourth-order valence-electron chi connectivity index (χ4n) is 3.65. The number of hydrogen-bond donors (Lipinski definition) is 1. The van der Waals surface area contributed by atoms with Crippen molar-refractivity contribution in [3.8, 4) is 0 Å². The van der Waals surface area contributed by atoms with Crippen molar-refractivity contribution in [2.75, 3.05) is 5.32 Å². The van der Waals surface area contributed by atoms with E-state index in [9.17, 15) is 9.59 Å². The molecule has 0 radical (unpaired) electrons. The number of aryl methyl sites for hydroxylation is 2. The van der Waals surface area contributed by atoms with Crippen LogP contribution in [-0.4, -0.2) is 32.9 Å². The minimum atomic E-state index is -0.442. The molecule has 0 aromatic carbocycles. The number of carbonyl (C=O) groups is 2. The van der Waals surface area contributed by atoms with Crippen LogP contribution in [0.15, 0.2) is 16.9 Å². The minimum absolute atomic E-state index is 0.152. The van der Waals surface area contributed by atoms with E-state index < -0.39 is 11.9 Å². The molecule has 8 nitrogen and oxygen atoms in total. The van der Waals surface area contributed by atoms with Gasteiger partial charge in [0.1, 0.15) is 10.8 Å². The van der Waals surface area contributed by atoms with Crippen molar-refractivity contribution < 1.29 is 18.8 Å². The van der Waals surface area contributed by atoms with Gasteiger partial charge in [0.2, 0.25) is 0 Å². The molecule has 3 aromatic rings. The third kappa shape index (κ3) is 4.52. The average molecular weight is 463 g/mol. The van der Waals surface area contributed by atoms with Gasteiger partial charge in [-0.15, -0.1) is 11.3 Å². The summed E-state index contributed by atoms with van der Waals surface area (Å²) in [4.78, 5) is 27.1. The Morgan fingerprint density at radius 2 is 2.13 bits per heavy atom. The predicted molar refractivity (Wildman–Crippen MR) is 117 cm³/mol. The fourth-order valence-corrected chi connectivity index (χ4v) is 5.08. The summed E-state index contributed by atoms with van der Waals surface area (Å²) in [6.45, 7) is 5.63. The highest BCUT2D eigenvalue weighted by molar-refractivity contribution is 7.17. The van der Waals surface area contributed by atoms with Crippen LogP contribution >= 0.6 is 22.9 Å². The Morgan fingerprint density at radius 1 is 1.35 bits per heavy atom. The highest BCUT2D eigenvalue weighted by atomic mass is 35.5. The lowest BCUT2D eigenvalue weighted by molar-refractivity contribution is 0.0378. The van der Waals surface area contributed by atoms with Crippen molar-refractivity contribution >= 4 is 39.8 Å². The first-order chi connectivity index (χ1) is 14.8. The Labute approximate surface area is 188 Å². The number of amides is 1. The Balaban J connectivity index is 1.63. The van der Waals surface area contributed by atoms with E-state index in [1.807, 2.05) is 0 Å². The molecule has 164 valence electrons. The average Bonchev–Trinajstić information content (AvgIpc) is 3.39. The lowest BCUT2D eigenvalue weighted by atomic mass is 9.95. The molecule has 31 heavy (non-hydrogen) atoms. The van der Waals surface area contributed by atoms with Crippen molar-refractivity contribution in [2.24, 2.45) is 0 Å². The Bertz CT molecular complexity index is 1130. The first kappa shape index (κ1) is 21.6. The summed E-state index contributed by atoms with van der Waals surface area (Å²) in [7, 11) is 0. The van der Waals surface area contributed by atoms with Gasteiger partial charge in [0.05, 0.1) is 29.4 Å². The lowest BCUT2D eigenvalue weighted by Crippen LogP contribution is -2.19. The molecule has 4 rings (SSSR count). The Hall–Kier alpha value is -2.65. The largest absolute Gasteiger partial charge is 0.459 e. The van der Waals surface area contributed by atoms with E-state index in [0.29, 0.717) is 26.9 Å². The SMILES string of the molecule is Cc1onc(C(=O)Nc2sc3c(c2C(=O)OC(C)C)CCCC3)c1Cn1cc(Cl)cn1. The number of carbonyl (C=O) groups excluding carboxylic acids is 2. The number of fused-ring (bicyclic) bond motifs is 1. The summed E-state index contributed by atoms with van der Waals surface area (Å²) >= 11 is 7.37. The van der Waals surface area contributed by atoms with Gasteiger partial charge in [0.15, 0.2) is 5.69 Å². The fraction of sp³-hybridized carbons (Fsp3) is 0.429. The molecule has 1 amide bonds. The minimum Gasteiger partial charge on any atom is -0.459 e. The highest BCUT2D eigenvalue weighted by Gasteiger charge is 2.29. The topological polar surface area (TPSA) is 99.3 Å². The molecule has 3 heterocycles. The zero-order chi connectivity index (χ0) is 22.1. The number of nitrogens with zero attached hydrogens (tertiary/aromatic N) is 3. The molecule has 0 spiro atoms. The molecule has 0 saturated heterocycles. The van der Waals surface area contributed by atoms with E-state index in [4.69, 9.17) is 20.9 Å². The van der Waals surface area contributed by atoms with Gasteiger partial charge in [-0.3, -0.25) is 9.48 Å². The predicted octanol–water partition coefficient (Wildman–Crippen LogP) is 4.64. The van der Waals surface area contributed by atoms with Gasteiger partial charge in [-0.2, -0.15) is 5.10 Å². The maximum atomic E-state index is 13.1. The normalized spacial score (nSPS) is 13.3. The van der Waals surface area contributed by atoms with Gasteiger partial charge in [-0.25, -0.2) is 4.79 Å². The maximum absolute atomic E-state index is 13.1. The summed E-state index contributed by atoms with van der Waals surface area (Å²) in [5.41, 5.74) is 2.20. The van der Waals surface area contributed by atoms with E-state index in [1.54, 1.807) is 31.6 Å². The number of esters is 1. The van der Waals surface area contributed by atoms with Crippen LogP contribution in [0.4, 0.5) is 5.00 Å². The van der Waals surface area contributed by atoms with Gasteiger partial charge < -0.3 is 14.6 Å². The van der Waals surface area contributed by atoms with Crippen LogP contribution < -0.4 is 5.32 Å². The number of ether oxygens (including phenoxy) is 1. The van der Waals surface area contributed by atoms with Crippen molar-refractivity contribution in [2.45, 2.75) is 59.1 Å². The van der Waals surface area contributed by atoms with E-state index in [0.717, 1.165) is 36.1 Å². The zero-order valence-corrected chi connectivity index (χ0v) is 19.1. The number of thiophene rings is 1. The molecule has 3 aromatic heterocycles. The smallest absolute Gasteiger partial charge is 0.341 e. The van der Waals surface area contributed by atoms with Gasteiger partial charge >= 0.3 is 5.97 Å². The van der Waals surface area contributed by atoms with Crippen LogP contribution in [0.25, 0.3) is 0 Å². The summed E-state index contributed by atoms with van der Waals surface area (Å²) < 4.78 is 12.3. The second kappa shape index (κ2) is 8.84. The van der Waals surface area contributed by atoms with Crippen LogP contribution in [-0.2, 0) is 24.1 Å². The quantitative estimate of drug-likeness (QED) is 0.536. The molecular weight excluding hydrogens is 440 g/mol. The summed E-state index contributed by atoms with van der Waals surface area (Å²) in [6.07, 6.45) is 6.71. The Morgan fingerprint density at radius 3 is 2.84 bits per heavy atom. The van der Waals surface area contributed by atoms with Crippen LogP contribution in [0.5, 0.6) is 0 Å². The van der Waals surface area contributed by atoms with Gasteiger partial charge in [-0.1, -0.05) is 16.8 Å². The van der Waals surface area contributed by atoms with E-state index >= 15 is 0 Å². The summed E-state index contributed by atoms with van der Waals surface area (Å²) in [5, 5.41) is 12.0. The van der Waals surface area contributed by atoms with Crippen LogP contribution in [0, 0.1) is 6.92 Å². The van der Waals surface area contributed by atoms with Gasteiger partial charge in [0.25, 0.3) is 5.91 Å². The summed E-state index contributed by atoms with van der Waals surface area (Å²) in [6, 6.07) is 0. The molecule has 0 saturated carbocycles. The Kier molecular flexibility index (Phi) is 6.15. The van der Waals surface area contributed by atoms with E-state index in [-0.39, 0.29) is 18.3 Å². The second-order valence-corrected chi connectivity index (χ2v) is 9.29. The van der Waals surface area contributed by atoms with Crippen LogP contribution in [0.3, 0.4) is 0 Å². The van der Waals surface area contributed by atoms with Crippen molar-refractivity contribution in [1.82, 2.24) is 14.9 Å². The third-order valence-corrected chi connectivity index (χ3v) is 6.47. The number of halogens is 1. The first-order valence-corrected chi connectivity index (χ1v) is 11.3. The number of nitrogens with one attached hydrogen (secondary N) is 1. The molecule has 10 heteroatoms. The van der Waals surface area contributed by atoms with Crippen molar-refractivity contribution in [3.05, 3.63) is 50.4 Å². The maximum Gasteiger partial charge on any atom is 0.341 e. The first-order valence-electron chi connectivity index (χ1n) is 10.1. The van der Waals surface area contributed by atoms with Crippen LogP contribution in [0.1, 0.15) is 69.3 Å². The molecule has 0 bridgehead atoms. The lowest BCUT2D eigenvalue weighted by Gasteiger charge is -2.14. The van der Waals surface area contributed by atoms with Crippen molar-refractivity contribution in [1.29, 1.82) is 0 Å². The summed E-state index contributed by atoms with van der Waals surface area (Å²) in [5.74, 6) is -0.337. The molecule has 1 aliphatic carbocycles. The van der Waals surface area contributed by atoms with Crippen molar-refractivity contribution in [3.63, 3.8) is 0 Å². The third-order valence-electron chi connectivity index (χ3n) is 5.07. The van der Waals surface area contributed by atoms with Crippen LogP contribution in [0.2, 0.25) is 5.02 Å². The molecule has 0 fully saturated rings.